The van der Waals surface area contributed by atoms with Gasteiger partial charge in [0.1, 0.15) is 5.82 Å². The lowest BCUT2D eigenvalue weighted by molar-refractivity contribution is 0.0916. The van der Waals surface area contributed by atoms with Crippen LogP contribution in [0.25, 0.3) is 0 Å². The van der Waals surface area contributed by atoms with Gasteiger partial charge in [0.15, 0.2) is 0 Å². The van der Waals surface area contributed by atoms with E-state index in [1.54, 1.807) is 11.4 Å². The van der Waals surface area contributed by atoms with Gasteiger partial charge in [0.2, 0.25) is 0 Å². The molecule has 3 nitrogen and oxygen atoms in total. The number of thiophene rings is 1. The fourth-order valence-electron chi connectivity index (χ4n) is 1.56. The van der Waals surface area contributed by atoms with Crippen LogP contribution < -0.4 is 5.32 Å². The van der Waals surface area contributed by atoms with Crippen LogP contribution in [0.4, 0.5) is 4.39 Å². The molecule has 0 fully saturated rings. The Kier molecular flexibility index (Phi) is 4.99. The molecule has 20 heavy (non-hydrogen) atoms. The number of aliphatic hydroxyl groups is 1. The highest BCUT2D eigenvalue weighted by atomic mass is 35.5. The highest BCUT2D eigenvalue weighted by Gasteiger charge is 2.16. The van der Waals surface area contributed by atoms with Crippen LogP contribution in [-0.2, 0) is 0 Å². The predicted molar refractivity (Wildman–Crippen MR) is 78.0 cm³/mol. The average molecular weight is 334 g/mol. The van der Waals surface area contributed by atoms with E-state index in [0.29, 0.717) is 5.56 Å². The Hall–Kier alpha value is -1.14. The number of rotatable bonds is 4. The maximum atomic E-state index is 13.3. The Morgan fingerprint density at radius 1 is 1.40 bits per heavy atom. The zero-order valence-corrected chi connectivity index (χ0v) is 12.4. The molecule has 2 rings (SSSR count). The second-order valence-electron chi connectivity index (χ2n) is 4.03. The van der Waals surface area contributed by atoms with Crippen molar-refractivity contribution in [1.82, 2.24) is 5.32 Å². The molecule has 1 atom stereocenters. The predicted octanol–water partition coefficient (Wildman–Crippen LogP) is 3.66. The van der Waals surface area contributed by atoms with Gasteiger partial charge in [-0.1, -0.05) is 23.2 Å². The number of carbonyl (C=O) groups is 1. The van der Waals surface area contributed by atoms with E-state index in [1.165, 1.54) is 17.4 Å². The second-order valence-corrected chi connectivity index (χ2v) is 5.62. The number of hydrogen-bond acceptors (Lipinski definition) is 3. The van der Waals surface area contributed by atoms with E-state index >= 15 is 0 Å². The molecule has 0 aliphatic carbocycles. The number of halogens is 3. The summed E-state index contributed by atoms with van der Waals surface area (Å²) in [5, 5.41) is 15.8. The maximum absolute atomic E-state index is 13.3. The van der Waals surface area contributed by atoms with Crippen molar-refractivity contribution in [3.05, 3.63) is 55.9 Å². The molecule has 0 spiro atoms. The lowest BCUT2D eigenvalue weighted by Crippen LogP contribution is -2.28. The molecule has 1 aromatic carbocycles. The monoisotopic (exact) mass is 333 g/mol. The lowest BCUT2D eigenvalue weighted by atomic mass is 10.1. The first-order valence-corrected chi connectivity index (χ1v) is 7.32. The van der Waals surface area contributed by atoms with Crippen molar-refractivity contribution in [1.29, 1.82) is 0 Å². The van der Waals surface area contributed by atoms with Crippen LogP contribution in [0, 0.1) is 5.82 Å². The molecule has 0 aliphatic rings. The van der Waals surface area contributed by atoms with E-state index in [-0.39, 0.29) is 22.2 Å². The molecule has 0 aliphatic heterocycles. The fraction of sp³-hybridized carbons (Fsp3) is 0.154. The van der Waals surface area contributed by atoms with Gasteiger partial charge in [0, 0.05) is 6.54 Å². The smallest absolute Gasteiger partial charge is 0.253 e. The van der Waals surface area contributed by atoms with Gasteiger partial charge in [-0.05, 0) is 34.5 Å². The molecule has 0 saturated heterocycles. The van der Waals surface area contributed by atoms with Gasteiger partial charge >= 0.3 is 0 Å². The minimum Gasteiger partial charge on any atom is -0.387 e. The van der Waals surface area contributed by atoms with Gasteiger partial charge in [0.05, 0.1) is 21.7 Å². The Morgan fingerprint density at radius 2 is 2.15 bits per heavy atom. The Balaban J connectivity index is 2.04. The summed E-state index contributed by atoms with van der Waals surface area (Å²) in [4.78, 5) is 11.9. The zero-order valence-electron chi connectivity index (χ0n) is 10.1. The van der Waals surface area contributed by atoms with E-state index in [0.717, 1.165) is 6.07 Å². The van der Waals surface area contributed by atoms with E-state index in [2.05, 4.69) is 5.32 Å². The van der Waals surface area contributed by atoms with Crippen molar-refractivity contribution >= 4 is 40.4 Å². The van der Waals surface area contributed by atoms with Crippen molar-refractivity contribution in [2.45, 2.75) is 6.10 Å². The molecule has 7 heteroatoms. The van der Waals surface area contributed by atoms with Crippen LogP contribution in [-0.4, -0.2) is 17.6 Å². The zero-order chi connectivity index (χ0) is 14.7. The minimum atomic E-state index is -0.818. The molecule has 2 aromatic rings. The Morgan fingerprint density at radius 3 is 2.80 bits per heavy atom. The van der Waals surface area contributed by atoms with Crippen LogP contribution >= 0.6 is 34.5 Å². The fourth-order valence-corrected chi connectivity index (χ4v) is 2.74. The standard InChI is InChI=1S/C13H10Cl2FNO2S/c14-9-4-10(15)11(16)3-8(9)13(19)17-5-12(18)7-1-2-20-6-7/h1-4,6,12,18H,5H2,(H,17,19). The van der Waals surface area contributed by atoms with Crippen LogP contribution in [0.1, 0.15) is 22.0 Å². The van der Waals surface area contributed by atoms with E-state index in [9.17, 15) is 14.3 Å². The molecule has 0 saturated carbocycles. The summed E-state index contributed by atoms with van der Waals surface area (Å²) in [6.07, 6.45) is -0.818. The SMILES string of the molecule is O=C(NCC(O)c1ccsc1)c1cc(F)c(Cl)cc1Cl. The number of amides is 1. The average Bonchev–Trinajstić information content (AvgIpc) is 2.94. The normalized spacial score (nSPS) is 12.2. The lowest BCUT2D eigenvalue weighted by Gasteiger charge is -2.11. The van der Waals surface area contributed by atoms with Gasteiger partial charge < -0.3 is 10.4 Å². The van der Waals surface area contributed by atoms with Crippen LogP contribution in [0.3, 0.4) is 0 Å². The summed E-state index contributed by atoms with van der Waals surface area (Å²) in [7, 11) is 0. The molecule has 1 unspecified atom stereocenters. The van der Waals surface area contributed by atoms with Crippen LogP contribution in [0.2, 0.25) is 10.0 Å². The molecular weight excluding hydrogens is 324 g/mol. The first kappa shape index (κ1) is 15.3. The molecule has 1 heterocycles. The topological polar surface area (TPSA) is 49.3 Å². The Bertz CT molecular complexity index is 619. The molecular formula is C13H10Cl2FNO2S. The summed E-state index contributed by atoms with van der Waals surface area (Å²) in [6.45, 7) is 0.0101. The van der Waals surface area contributed by atoms with Crippen molar-refractivity contribution < 1.29 is 14.3 Å². The number of aliphatic hydroxyl groups excluding tert-OH is 1. The van der Waals surface area contributed by atoms with Crippen molar-refractivity contribution in [2.75, 3.05) is 6.54 Å². The van der Waals surface area contributed by atoms with Crippen molar-refractivity contribution in [2.24, 2.45) is 0 Å². The molecule has 106 valence electrons. The molecule has 1 amide bonds. The van der Waals surface area contributed by atoms with E-state index in [4.69, 9.17) is 23.2 Å². The molecule has 1 aromatic heterocycles. The third-order valence-corrected chi connectivity index (χ3v) is 3.94. The summed E-state index contributed by atoms with van der Waals surface area (Å²) in [6, 6.07) is 3.90. The number of nitrogens with one attached hydrogen (secondary N) is 1. The largest absolute Gasteiger partial charge is 0.387 e. The second kappa shape index (κ2) is 6.54. The maximum Gasteiger partial charge on any atom is 0.253 e. The third-order valence-electron chi connectivity index (χ3n) is 2.64. The van der Waals surface area contributed by atoms with Crippen LogP contribution in [0.5, 0.6) is 0 Å². The first-order chi connectivity index (χ1) is 9.49. The summed E-state index contributed by atoms with van der Waals surface area (Å²) >= 11 is 12.8. The number of hydrogen-bond donors (Lipinski definition) is 2. The van der Waals surface area contributed by atoms with Gasteiger partial charge in [-0.2, -0.15) is 11.3 Å². The quantitative estimate of drug-likeness (QED) is 0.839. The van der Waals surface area contributed by atoms with Crippen molar-refractivity contribution in [3.63, 3.8) is 0 Å². The minimum absolute atomic E-state index is 0.0101. The summed E-state index contributed by atoms with van der Waals surface area (Å²) in [5.41, 5.74) is 0.690. The molecule has 0 radical (unpaired) electrons. The van der Waals surface area contributed by atoms with Gasteiger partial charge in [-0.15, -0.1) is 0 Å². The molecule has 0 bridgehead atoms. The summed E-state index contributed by atoms with van der Waals surface area (Å²) < 4.78 is 13.3. The summed E-state index contributed by atoms with van der Waals surface area (Å²) in [5.74, 6) is -1.29. The van der Waals surface area contributed by atoms with E-state index in [1.807, 2.05) is 5.38 Å². The van der Waals surface area contributed by atoms with Crippen molar-refractivity contribution in [3.8, 4) is 0 Å². The van der Waals surface area contributed by atoms with Gasteiger partial charge in [0.25, 0.3) is 5.91 Å². The Labute approximate surface area is 129 Å². The number of carbonyl (C=O) groups excluding carboxylic acids is 1. The third kappa shape index (κ3) is 3.49. The van der Waals surface area contributed by atoms with Gasteiger partial charge in [-0.3, -0.25) is 4.79 Å². The first-order valence-electron chi connectivity index (χ1n) is 5.62. The van der Waals surface area contributed by atoms with E-state index < -0.39 is 17.8 Å². The molecule has 2 N–H and O–H groups in total. The van der Waals surface area contributed by atoms with Crippen LogP contribution in [0.15, 0.2) is 29.0 Å². The number of benzene rings is 1. The highest BCUT2D eigenvalue weighted by Crippen LogP contribution is 2.24. The van der Waals surface area contributed by atoms with Gasteiger partial charge in [-0.25, -0.2) is 4.39 Å². The highest BCUT2D eigenvalue weighted by molar-refractivity contribution is 7.07.